The van der Waals surface area contributed by atoms with Crippen molar-refractivity contribution in [3.8, 4) is 0 Å². The molecule has 2 aromatic heterocycles. The highest BCUT2D eigenvalue weighted by Crippen LogP contribution is 2.18. The Bertz CT molecular complexity index is 847. The van der Waals surface area contributed by atoms with Crippen LogP contribution in [-0.2, 0) is 24.7 Å². The van der Waals surface area contributed by atoms with Gasteiger partial charge in [-0.25, -0.2) is 4.39 Å². The van der Waals surface area contributed by atoms with Gasteiger partial charge in [0.05, 0.1) is 5.75 Å². The summed E-state index contributed by atoms with van der Waals surface area (Å²) in [5.74, 6) is 0.858. The molecule has 5 nitrogen and oxygen atoms in total. The molecule has 26 heavy (non-hydrogen) atoms. The Morgan fingerprint density at radius 3 is 2.81 bits per heavy atom. The summed E-state index contributed by atoms with van der Waals surface area (Å²) in [6.45, 7) is 0.521. The van der Waals surface area contributed by atoms with Crippen molar-refractivity contribution in [3.05, 3.63) is 63.9 Å². The number of nitrogens with zero attached hydrogens (tertiary/aromatic N) is 3. The van der Waals surface area contributed by atoms with Crippen molar-refractivity contribution >= 4 is 29.0 Å². The molecule has 0 spiro atoms. The third-order valence-corrected chi connectivity index (χ3v) is 5.72. The van der Waals surface area contributed by atoms with Gasteiger partial charge in [0.2, 0.25) is 5.91 Å². The molecular weight excluding hydrogens is 371 g/mol. The number of carbonyl (C=O) groups excluding carboxylic acids is 1. The standard InChI is InChI=1S/C18H19FN4OS2/c1-23-16(11-15-3-2-10-25-15)21-22-18(23)26-12-17(24)20-9-8-13-4-6-14(19)7-5-13/h2-7,10H,8-9,11-12H2,1H3,(H,20,24). The minimum absolute atomic E-state index is 0.0556. The second-order valence-corrected chi connectivity index (χ2v) is 7.70. The highest BCUT2D eigenvalue weighted by atomic mass is 32.2. The van der Waals surface area contributed by atoms with E-state index in [0.717, 1.165) is 23.0 Å². The van der Waals surface area contributed by atoms with Crippen molar-refractivity contribution < 1.29 is 9.18 Å². The van der Waals surface area contributed by atoms with Gasteiger partial charge in [-0.3, -0.25) is 4.79 Å². The molecule has 1 amide bonds. The van der Waals surface area contributed by atoms with E-state index in [1.165, 1.54) is 28.8 Å². The second kappa shape index (κ2) is 8.95. The van der Waals surface area contributed by atoms with Crippen LogP contribution in [0, 0.1) is 5.82 Å². The van der Waals surface area contributed by atoms with Crippen LogP contribution in [0.3, 0.4) is 0 Å². The van der Waals surface area contributed by atoms with Gasteiger partial charge in [-0.2, -0.15) is 0 Å². The number of nitrogens with one attached hydrogen (secondary N) is 1. The quantitative estimate of drug-likeness (QED) is 0.601. The lowest BCUT2D eigenvalue weighted by Crippen LogP contribution is -2.27. The molecule has 0 aliphatic heterocycles. The topological polar surface area (TPSA) is 59.8 Å². The fraction of sp³-hybridized carbons (Fsp3) is 0.278. The second-order valence-electron chi connectivity index (χ2n) is 5.73. The van der Waals surface area contributed by atoms with Crippen LogP contribution in [0.5, 0.6) is 0 Å². The van der Waals surface area contributed by atoms with Crippen molar-refractivity contribution in [1.82, 2.24) is 20.1 Å². The minimum atomic E-state index is -0.253. The molecule has 0 fully saturated rings. The third kappa shape index (κ3) is 5.15. The van der Waals surface area contributed by atoms with Gasteiger partial charge in [0.1, 0.15) is 11.6 Å². The van der Waals surface area contributed by atoms with Gasteiger partial charge >= 0.3 is 0 Å². The molecule has 3 aromatic rings. The number of amides is 1. The predicted octanol–water partition coefficient (Wildman–Crippen LogP) is 3.06. The Morgan fingerprint density at radius 1 is 1.27 bits per heavy atom. The van der Waals surface area contributed by atoms with E-state index in [-0.39, 0.29) is 17.5 Å². The number of halogens is 1. The zero-order valence-electron chi connectivity index (χ0n) is 14.3. The van der Waals surface area contributed by atoms with E-state index in [1.54, 1.807) is 23.5 Å². The molecule has 1 aromatic carbocycles. The molecule has 2 heterocycles. The first-order valence-corrected chi connectivity index (χ1v) is 10.0. The zero-order chi connectivity index (χ0) is 18.4. The van der Waals surface area contributed by atoms with Crippen molar-refractivity contribution in [1.29, 1.82) is 0 Å². The largest absolute Gasteiger partial charge is 0.355 e. The highest BCUT2D eigenvalue weighted by molar-refractivity contribution is 7.99. The number of aromatic nitrogens is 3. The molecule has 0 bridgehead atoms. The van der Waals surface area contributed by atoms with Crippen LogP contribution in [0.25, 0.3) is 0 Å². The number of benzene rings is 1. The summed E-state index contributed by atoms with van der Waals surface area (Å²) in [7, 11) is 1.91. The van der Waals surface area contributed by atoms with Gasteiger partial charge in [-0.05, 0) is 35.6 Å². The van der Waals surface area contributed by atoms with Crippen molar-refractivity contribution in [2.75, 3.05) is 12.3 Å². The SMILES string of the molecule is Cn1c(Cc2cccs2)nnc1SCC(=O)NCCc1ccc(F)cc1. The van der Waals surface area contributed by atoms with Gasteiger partial charge < -0.3 is 9.88 Å². The Hall–Kier alpha value is -2.19. The van der Waals surface area contributed by atoms with Gasteiger partial charge in [-0.1, -0.05) is 30.0 Å². The molecule has 8 heteroatoms. The molecule has 136 valence electrons. The van der Waals surface area contributed by atoms with Gasteiger partial charge in [-0.15, -0.1) is 21.5 Å². The van der Waals surface area contributed by atoms with Gasteiger partial charge in [0.15, 0.2) is 5.16 Å². The summed E-state index contributed by atoms with van der Waals surface area (Å²) in [6.07, 6.45) is 1.41. The number of thiophene rings is 1. The number of hydrogen-bond acceptors (Lipinski definition) is 5. The van der Waals surface area contributed by atoms with Crippen LogP contribution in [0.15, 0.2) is 46.9 Å². The monoisotopic (exact) mass is 390 g/mol. The fourth-order valence-corrected chi connectivity index (χ4v) is 3.83. The van der Waals surface area contributed by atoms with Crippen LogP contribution in [0.4, 0.5) is 4.39 Å². The first-order chi connectivity index (χ1) is 12.6. The molecule has 0 saturated heterocycles. The molecule has 0 saturated carbocycles. The van der Waals surface area contributed by atoms with E-state index in [4.69, 9.17) is 0 Å². The van der Waals surface area contributed by atoms with Crippen molar-refractivity contribution in [2.45, 2.75) is 18.0 Å². The van der Waals surface area contributed by atoms with E-state index in [1.807, 2.05) is 23.1 Å². The maximum absolute atomic E-state index is 12.9. The van der Waals surface area contributed by atoms with E-state index in [2.05, 4.69) is 21.6 Å². The molecule has 0 aliphatic carbocycles. The normalized spacial score (nSPS) is 10.8. The average molecular weight is 391 g/mol. The number of hydrogen-bond donors (Lipinski definition) is 1. The van der Waals surface area contributed by atoms with E-state index >= 15 is 0 Å². The maximum Gasteiger partial charge on any atom is 0.230 e. The van der Waals surface area contributed by atoms with Crippen LogP contribution in [0.1, 0.15) is 16.3 Å². The predicted molar refractivity (Wildman–Crippen MR) is 102 cm³/mol. The molecule has 0 radical (unpaired) electrons. The molecule has 0 aliphatic rings. The highest BCUT2D eigenvalue weighted by Gasteiger charge is 2.12. The summed E-state index contributed by atoms with van der Waals surface area (Å²) in [6, 6.07) is 10.4. The summed E-state index contributed by atoms with van der Waals surface area (Å²) in [5.41, 5.74) is 0.992. The van der Waals surface area contributed by atoms with Crippen molar-refractivity contribution in [3.63, 3.8) is 0 Å². The number of rotatable bonds is 8. The van der Waals surface area contributed by atoms with E-state index in [9.17, 15) is 9.18 Å². The van der Waals surface area contributed by atoms with Crippen LogP contribution < -0.4 is 5.32 Å². The Kier molecular flexibility index (Phi) is 6.40. The first kappa shape index (κ1) is 18.6. The van der Waals surface area contributed by atoms with E-state index < -0.39 is 0 Å². The summed E-state index contributed by atoms with van der Waals surface area (Å²) < 4.78 is 14.8. The smallest absolute Gasteiger partial charge is 0.230 e. The first-order valence-electron chi connectivity index (χ1n) is 8.16. The summed E-state index contributed by atoms with van der Waals surface area (Å²) >= 11 is 3.06. The molecular formula is C18H19FN4OS2. The number of carbonyl (C=O) groups is 1. The summed E-state index contributed by atoms with van der Waals surface area (Å²) in [4.78, 5) is 13.2. The van der Waals surface area contributed by atoms with Crippen LogP contribution in [0.2, 0.25) is 0 Å². The third-order valence-electron chi connectivity index (χ3n) is 3.82. The molecule has 1 N–H and O–H groups in total. The lowest BCUT2D eigenvalue weighted by Gasteiger charge is -2.06. The Morgan fingerprint density at radius 2 is 2.08 bits per heavy atom. The maximum atomic E-state index is 12.9. The van der Waals surface area contributed by atoms with Crippen LogP contribution >= 0.6 is 23.1 Å². The summed E-state index contributed by atoms with van der Waals surface area (Å²) in [5, 5.41) is 14.0. The molecule has 0 unspecified atom stereocenters. The van der Waals surface area contributed by atoms with Gasteiger partial charge in [0, 0.05) is 24.9 Å². The Labute approximate surface area is 159 Å². The molecule has 3 rings (SSSR count). The number of thioether (sulfide) groups is 1. The Balaban J connectivity index is 1.43. The van der Waals surface area contributed by atoms with Gasteiger partial charge in [0.25, 0.3) is 0 Å². The lowest BCUT2D eigenvalue weighted by atomic mass is 10.1. The fourth-order valence-electron chi connectivity index (χ4n) is 2.37. The zero-order valence-corrected chi connectivity index (χ0v) is 15.9. The van der Waals surface area contributed by atoms with Crippen LogP contribution in [-0.4, -0.2) is 33.0 Å². The lowest BCUT2D eigenvalue weighted by molar-refractivity contribution is -0.118. The average Bonchev–Trinajstić information content (AvgIpc) is 3.26. The van der Waals surface area contributed by atoms with Crippen molar-refractivity contribution in [2.24, 2.45) is 7.05 Å². The van der Waals surface area contributed by atoms with E-state index in [0.29, 0.717) is 13.0 Å². The molecule has 0 atom stereocenters. The minimum Gasteiger partial charge on any atom is -0.355 e.